The number of unbranched alkanes of at least 4 members (excludes halogenated alkanes) is 10. The molecule has 0 saturated heterocycles. The maximum Gasteiger partial charge on any atom is 0.303 e. The van der Waals surface area contributed by atoms with E-state index in [1.807, 2.05) is 0 Å². The molecule has 0 aromatic heterocycles. The molecule has 4 N–H and O–H groups in total. The fourth-order valence-electron chi connectivity index (χ4n) is 2.56. The van der Waals surface area contributed by atoms with Crippen molar-refractivity contribution >= 4 is 11.9 Å². The van der Waals surface area contributed by atoms with Crippen LogP contribution in [0.5, 0.6) is 0 Å². The van der Waals surface area contributed by atoms with Gasteiger partial charge in [-0.3, -0.25) is 9.59 Å². The molecule has 0 atom stereocenters. The zero-order chi connectivity index (χ0) is 17.2. The highest BCUT2D eigenvalue weighted by Gasteiger charge is 2.00. The summed E-state index contributed by atoms with van der Waals surface area (Å²) in [6.45, 7) is 1.46. The molecular formula is C18H36N2O3. The molecule has 23 heavy (non-hydrogen) atoms. The third kappa shape index (κ3) is 18.9. The van der Waals surface area contributed by atoms with E-state index in [1.54, 1.807) is 0 Å². The molecule has 136 valence electrons. The van der Waals surface area contributed by atoms with E-state index in [-0.39, 0.29) is 5.91 Å². The Morgan fingerprint density at radius 3 is 1.70 bits per heavy atom. The Bertz CT molecular complexity index is 296. The van der Waals surface area contributed by atoms with Gasteiger partial charge in [-0.2, -0.15) is 0 Å². The first-order valence-electron chi connectivity index (χ1n) is 9.35. The predicted octanol–water partition coefficient (Wildman–Crippen LogP) is 3.61. The highest BCUT2D eigenvalue weighted by atomic mass is 16.4. The van der Waals surface area contributed by atoms with E-state index in [0.717, 1.165) is 45.1 Å². The molecule has 0 aliphatic heterocycles. The average Bonchev–Trinajstić information content (AvgIpc) is 2.51. The molecule has 0 saturated carbocycles. The molecule has 5 heteroatoms. The summed E-state index contributed by atoms with van der Waals surface area (Å²) in [6.07, 6.45) is 14.2. The number of nitrogens with two attached hydrogens (primary N) is 1. The van der Waals surface area contributed by atoms with Crippen molar-refractivity contribution in [2.45, 2.75) is 89.9 Å². The van der Waals surface area contributed by atoms with Crippen LogP contribution in [-0.4, -0.2) is 30.1 Å². The fraction of sp³-hybridized carbons (Fsp3) is 0.889. The number of carbonyl (C=O) groups is 2. The maximum absolute atomic E-state index is 11.5. The molecule has 0 aliphatic rings. The number of carboxylic acid groups (broad SMARTS) is 1. The molecule has 0 aliphatic carbocycles. The summed E-state index contributed by atoms with van der Waals surface area (Å²) in [5, 5.41) is 11.5. The average molecular weight is 328 g/mol. The van der Waals surface area contributed by atoms with Gasteiger partial charge in [-0.1, -0.05) is 51.4 Å². The Kier molecular flexibility index (Phi) is 16.4. The number of rotatable bonds is 17. The summed E-state index contributed by atoms with van der Waals surface area (Å²) >= 11 is 0. The van der Waals surface area contributed by atoms with Gasteiger partial charge in [0.25, 0.3) is 0 Å². The first kappa shape index (κ1) is 21.9. The molecule has 1 amide bonds. The number of carboxylic acids is 1. The van der Waals surface area contributed by atoms with Crippen LogP contribution in [-0.2, 0) is 9.59 Å². The van der Waals surface area contributed by atoms with Gasteiger partial charge in [0, 0.05) is 19.4 Å². The van der Waals surface area contributed by atoms with Crippen molar-refractivity contribution in [1.29, 1.82) is 0 Å². The minimum Gasteiger partial charge on any atom is -0.481 e. The van der Waals surface area contributed by atoms with Gasteiger partial charge in [0.15, 0.2) is 0 Å². The lowest BCUT2D eigenvalue weighted by Gasteiger charge is -2.05. The van der Waals surface area contributed by atoms with Crippen molar-refractivity contribution in [3.05, 3.63) is 0 Å². The largest absolute Gasteiger partial charge is 0.481 e. The Balaban J connectivity index is 3.10. The Labute approximate surface area is 141 Å². The molecule has 0 bridgehead atoms. The monoisotopic (exact) mass is 328 g/mol. The van der Waals surface area contributed by atoms with Crippen LogP contribution >= 0.6 is 0 Å². The minimum atomic E-state index is -0.684. The first-order valence-corrected chi connectivity index (χ1v) is 9.35. The Hall–Kier alpha value is -1.10. The van der Waals surface area contributed by atoms with Gasteiger partial charge in [0.05, 0.1) is 0 Å². The molecule has 0 unspecified atom stereocenters. The van der Waals surface area contributed by atoms with Crippen LogP contribution in [0.3, 0.4) is 0 Å². The van der Waals surface area contributed by atoms with Crippen molar-refractivity contribution in [2.24, 2.45) is 5.73 Å². The molecular weight excluding hydrogens is 292 g/mol. The number of hydrogen-bond donors (Lipinski definition) is 3. The summed E-state index contributed by atoms with van der Waals surface area (Å²) < 4.78 is 0. The van der Waals surface area contributed by atoms with Crippen LogP contribution in [0.1, 0.15) is 89.9 Å². The summed E-state index contributed by atoms with van der Waals surface area (Å²) in [4.78, 5) is 21.8. The molecule has 0 fully saturated rings. The van der Waals surface area contributed by atoms with E-state index in [0.29, 0.717) is 19.4 Å². The molecule has 0 spiro atoms. The molecule has 5 nitrogen and oxygen atoms in total. The molecule has 0 heterocycles. The molecule has 0 aromatic carbocycles. The van der Waals surface area contributed by atoms with Gasteiger partial charge in [-0.15, -0.1) is 0 Å². The lowest BCUT2D eigenvalue weighted by atomic mass is 10.1. The van der Waals surface area contributed by atoms with Crippen LogP contribution < -0.4 is 11.1 Å². The summed E-state index contributed by atoms with van der Waals surface area (Å²) in [6, 6.07) is 0. The van der Waals surface area contributed by atoms with Crippen LogP contribution in [0.15, 0.2) is 0 Å². The smallest absolute Gasteiger partial charge is 0.303 e. The topological polar surface area (TPSA) is 92.4 Å². The number of carbonyl (C=O) groups excluding carboxylic acids is 1. The summed E-state index contributed by atoms with van der Waals surface area (Å²) in [5.41, 5.74) is 5.39. The zero-order valence-corrected chi connectivity index (χ0v) is 14.7. The van der Waals surface area contributed by atoms with Crippen molar-refractivity contribution in [1.82, 2.24) is 5.32 Å². The number of amides is 1. The Morgan fingerprint density at radius 2 is 1.17 bits per heavy atom. The van der Waals surface area contributed by atoms with E-state index in [2.05, 4.69) is 5.32 Å². The number of nitrogens with one attached hydrogen (secondary N) is 1. The van der Waals surface area contributed by atoms with Crippen LogP contribution in [0.25, 0.3) is 0 Å². The Morgan fingerprint density at radius 1 is 0.696 bits per heavy atom. The minimum absolute atomic E-state index is 0.154. The van der Waals surface area contributed by atoms with Crippen LogP contribution in [0.4, 0.5) is 0 Å². The second-order valence-electron chi connectivity index (χ2n) is 6.28. The van der Waals surface area contributed by atoms with Gasteiger partial charge in [-0.05, 0) is 32.2 Å². The quantitative estimate of drug-likeness (QED) is 0.356. The zero-order valence-electron chi connectivity index (χ0n) is 14.7. The van der Waals surface area contributed by atoms with Crippen molar-refractivity contribution in [3.8, 4) is 0 Å². The number of hydrogen-bond acceptors (Lipinski definition) is 3. The number of aliphatic carboxylic acids is 1. The second kappa shape index (κ2) is 17.3. The van der Waals surface area contributed by atoms with Gasteiger partial charge in [0.1, 0.15) is 0 Å². The highest BCUT2D eigenvalue weighted by molar-refractivity contribution is 5.75. The fourth-order valence-corrected chi connectivity index (χ4v) is 2.56. The van der Waals surface area contributed by atoms with Gasteiger partial charge < -0.3 is 16.2 Å². The third-order valence-corrected chi connectivity index (χ3v) is 4.00. The van der Waals surface area contributed by atoms with Crippen molar-refractivity contribution in [3.63, 3.8) is 0 Å². The molecule has 0 rings (SSSR count). The SMILES string of the molecule is NCCCCC(=O)NCCCCCCCCCCCCC(=O)O. The van der Waals surface area contributed by atoms with Crippen molar-refractivity contribution < 1.29 is 14.7 Å². The lowest BCUT2D eigenvalue weighted by molar-refractivity contribution is -0.137. The summed E-state index contributed by atoms with van der Waals surface area (Å²) in [7, 11) is 0. The van der Waals surface area contributed by atoms with E-state index in [1.165, 1.54) is 38.5 Å². The third-order valence-electron chi connectivity index (χ3n) is 4.00. The lowest BCUT2D eigenvalue weighted by Crippen LogP contribution is -2.24. The van der Waals surface area contributed by atoms with Gasteiger partial charge in [-0.25, -0.2) is 0 Å². The predicted molar refractivity (Wildman–Crippen MR) is 94.3 cm³/mol. The van der Waals surface area contributed by atoms with E-state index in [9.17, 15) is 9.59 Å². The second-order valence-corrected chi connectivity index (χ2v) is 6.28. The first-order chi connectivity index (χ1) is 11.2. The standard InChI is InChI=1S/C18H36N2O3/c19-15-11-10-13-17(21)20-16-12-8-6-4-2-1-3-5-7-9-14-18(22)23/h1-16,19H2,(H,20,21)(H,22,23). The molecule has 0 radical (unpaired) electrons. The normalized spacial score (nSPS) is 10.7. The summed E-state index contributed by atoms with van der Waals surface area (Å²) in [5.74, 6) is -0.530. The van der Waals surface area contributed by atoms with E-state index < -0.39 is 5.97 Å². The van der Waals surface area contributed by atoms with E-state index >= 15 is 0 Å². The molecule has 0 aromatic rings. The van der Waals surface area contributed by atoms with E-state index in [4.69, 9.17) is 10.8 Å². The van der Waals surface area contributed by atoms with Crippen LogP contribution in [0, 0.1) is 0 Å². The maximum atomic E-state index is 11.5. The van der Waals surface area contributed by atoms with Gasteiger partial charge in [0.2, 0.25) is 5.91 Å². The van der Waals surface area contributed by atoms with Crippen LogP contribution in [0.2, 0.25) is 0 Å². The van der Waals surface area contributed by atoms with Gasteiger partial charge >= 0.3 is 5.97 Å². The highest BCUT2D eigenvalue weighted by Crippen LogP contribution is 2.11. The van der Waals surface area contributed by atoms with Crippen molar-refractivity contribution in [2.75, 3.05) is 13.1 Å².